The van der Waals surface area contributed by atoms with Gasteiger partial charge in [0.25, 0.3) is 11.8 Å². The minimum Gasteiger partial charge on any atom is -0.493 e. The first-order valence-electron chi connectivity index (χ1n) is 11.9. The van der Waals surface area contributed by atoms with E-state index in [4.69, 9.17) is 14.5 Å². The summed E-state index contributed by atoms with van der Waals surface area (Å²) in [5.74, 6) is 0.478. The number of aryl methyl sites for hydroxylation is 1. The van der Waals surface area contributed by atoms with Gasteiger partial charge in [0.15, 0.2) is 11.5 Å². The average molecular weight is 492 g/mol. The van der Waals surface area contributed by atoms with Crippen LogP contribution in [0.1, 0.15) is 56.4 Å². The van der Waals surface area contributed by atoms with Gasteiger partial charge >= 0.3 is 0 Å². The molecule has 1 N–H and O–H groups in total. The molecule has 4 rings (SSSR count). The van der Waals surface area contributed by atoms with Crippen LogP contribution < -0.4 is 14.8 Å². The Hall–Kier alpha value is -3.94. The van der Waals surface area contributed by atoms with Gasteiger partial charge in [0.1, 0.15) is 5.82 Å². The molecule has 188 valence electrons. The second-order valence-electron chi connectivity index (χ2n) is 8.83. The Balaban J connectivity index is 1.44. The third kappa shape index (κ3) is 5.64. The minimum atomic E-state index is -0.339. The Morgan fingerprint density at radius 1 is 1.03 bits per heavy atom. The highest BCUT2D eigenvalue weighted by Crippen LogP contribution is 2.32. The summed E-state index contributed by atoms with van der Waals surface area (Å²) >= 11 is 0. The number of amides is 2. The van der Waals surface area contributed by atoms with Crippen LogP contribution in [0, 0.1) is 12.7 Å². The van der Waals surface area contributed by atoms with Gasteiger partial charge in [-0.2, -0.15) is 0 Å². The molecular formula is C28H30FN3O4. The number of benzene rings is 2. The van der Waals surface area contributed by atoms with Crippen LogP contribution in [0.3, 0.4) is 0 Å². The van der Waals surface area contributed by atoms with Crippen LogP contribution in [0.25, 0.3) is 0 Å². The van der Waals surface area contributed by atoms with E-state index in [1.807, 2.05) is 17.9 Å². The lowest BCUT2D eigenvalue weighted by atomic mass is 9.89. The van der Waals surface area contributed by atoms with Crippen LogP contribution in [0.4, 0.5) is 4.39 Å². The summed E-state index contributed by atoms with van der Waals surface area (Å²) in [5, 5.41) is 2.88. The second-order valence-corrected chi connectivity index (χ2v) is 8.83. The lowest BCUT2D eigenvalue weighted by molar-refractivity contribution is 0.0710. The van der Waals surface area contributed by atoms with Gasteiger partial charge in [-0.3, -0.25) is 14.6 Å². The summed E-state index contributed by atoms with van der Waals surface area (Å²) in [7, 11) is 3.10. The summed E-state index contributed by atoms with van der Waals surface area (Å²) in [5.41, 5.74) is 3.31. The minimum absolute atomic E-state index is 0.0503. The standard InChI is InChI=1S/C28H30FN3O4/c1-18-7-9-23(27(33)30-17-19-5-4-6-22(29)15-19)26(31-18)20-11-13-32(14-12-20)28(34)21-8-10-24(35-2)25(16-21)36-3/h4-10,15-16,20H,11-14,17H2,1-3H3,(H,30,33). The molecular weight excluding hydrogens is 461 g/mol. The summed E-state index contributed by atoms with van der Waals surface area (Å²) in [6.07, 6.45) is 1.39. The molecule has 36 heavy (non-hydrogen) atoms. The van der Waals surface area contributed by atoms with E-state index in [0.29, 0.717) is 54.1 Å². The Morgan fingerprint density at radius 2 is 1.78 bits per heavy atom. The van der Waals surface area contributed by atoms with E-state index in [1.165, 1.54) is 12.1 Å². The first-order valence-corrected chi connectivity index (χ1v) is 11.9. The third-order valence-corrected chi connectivity index (χ3v) is 6.45. The predicted molar refractivity (Wildman–Crippen MR) is 134 cm³/mol. The van der Waals surface area contributed by atoms with Crippen molar-refractivity contribution >= 4 is 11.8 Å². The van der Waals surface area contributed by atoms with Crippen molar-refractivity contribution in [3.63, 3.8) is 0 Å². The van der Waals surface area contributed by atoms with Crippen molar-refractivity contribution in [2.24, 2.45) is 0 Å². The molecule has 2 aromatic carbocycles. The maximum atomic E-state index is 13.5. The average Bonchev–Trinajstić information content (AvgIpc) is 2.91. The van der Waals surface area contributed by atoms with Gasteiger partial charge < -0.3 is 19.7 Å². The largest absolute Gasteiger partial charge is 0.493 e. The quantitative estimate of drug-likeness (QED) is 0.527. The Labute approximate surface area is 210 Å². The molecule has 1 saturated heterocycles. The summed E-state index contributed by atoms with van der Waals surface area (Å²) < 4.78 is 24.1. The molecule has 0 spiro atoms. The second kappa shape index (κ2) is 11.2. The fourth-order valence-electron chi connectivity index (χ4n) is 4.51. The van der Waals surface area contributed by atoms with Crippen LogP contribution in [-0.2, 0) is 6.54 Å². The highest BCUT2D eigenvalue weighted by atomic mass is 19.1. The van der Waals surface area contributed by atoms with Crippen molar-refractivity contribution in [2.45, 2.75) is 32.2 Å². The number of methoxy groups -OCH3 is 2. The number of aromatic nitrogens is 1. The van der Waals surface area contributed by atoms with E-state index in [0.717, 1.165) is 11.4 Å². The van der Waals surface area contributed by atoms with Gasteiger partial charge in [-0.1, -0.05) is 12.1 Å². The number of ether oxygens (including phenoxy) is 2. The number of halogens is 1. The number of carbonyl (C=O) groups excluding carboxylic acids is 2. The molecule has 3 aromatic rings. The SMILES string of the molecule is COc1ccc(C(=O)N2CCC(c3nc(C)ccc3C(=O)NCc3cccc(F)c3)CC2)cc1OC. The molecule has 0 radical (unpaired) electrons. The molecule has 1 aliphatic heterocycles. The van der Waals surface area contributed by atoms with E-state index in [1.54, 1.807) is 50.6 Å². The van der Waals surface area contributed by atoms with Gasteiger partial charge in [-0.15, -0.1) is 0 Å². The van der Waals surface area contributed by atoms with Gasteiger partial charge in [0.05, 0.1) is 25.5 Å². The monoisotopic (exact) mass is 491 g/mol. The van der Waals surface area contributed by atoms with Crippen molar-refractivity contribution in [3.05, 3.63) is 88.5 Å². The summed E-state index contributed by atoms with van der Waals surface area (Å²) in [6, 6.07) is 14.9. The smallest absolute Gasteiger partial charge is 0.253 e. The first kappa shape index (κ1) is 25.2. The fraction of sp³-hybridized carbons (Fsp3) is 0.321. The molecule has 1 fully saturated rings. The highest BCUT2D eigenvalue weighted by molar-refractivity contribution is 5.96. The van der Waals surface area contributed by atoms with E-state index in [9.17, 15) is 14.0 Å². The van der Waals surface area contributed by atoms with Crippen LogP contribution in [0.5, 0.6) is 11.5 Å². The van der Waals surface area contributed by atoms with Gasteiger partial charge in [-0.05, 0) is 67.8 Å². The summed E-state index contributed by atoms with van der Waals surface area (Å²) in [6.45, 7) is 3.23. The number of likely N-dealkylation sites (tertiary alicyclic amines) is 1. The normalized spacial score (nSPS) is 13.8. The number of nitrogens with one attached hydrogen (secondary N) is 1. The fourth-order valence-corrected chi connectivity index (χ4v) is 4.51. The Morgan fingerprint density at radius 3 is 2.47 bits per heavy atom. The van der Waals surface area contributed by atoms with Crippen LogP contribution in [-0.4, -0.2) is 49.0 Å². The van der Waals surface area contributed by atoms with Crippen molar-refractivity contribution in [1.29, 1.82) is 0 Å². The summed E-state index contributed by atoms with van der Waals surface area (Å²) in [4.78, 5) is 32.6. The molecule has 1 aromatic heterocycles. The molecule has 1 aliphatic rings. The van der Waals surface area contributed by atoms with E-state index in [2.05, 4.69) is 5.32 Å². The Bertz CT molecular complexity index is 1260. The molecule has 2 amide bonds. The molecule has 2 heterocycles. The van der Waals surface area contributed by atoms with E-state index < -0.39 is 0 Å². The highest BCUT2D eigenvalue weighted by Gasteiger charge is 2.28. The van der Waals surface area contributed by atoms with Crippen LogP contribution >= 0.6 is 0 Å². The van der Waals surface area contributed by atoms with Crippen molar-refractivity contribution in [2.75, 3.05) is 27.3 Å². The lowest BCUT2D eigenvalue weighted by Gasteiger charge is -2.32. The maximum absolute atomic E-state index is 13.5. The lowest BCUT2D eigenvalue weighted by Crippen LogP contribution is -2.38. The topological polar surface area (TPSA) is 80.8 Å². The molecule has 0 saturated carbocycles. The number of pyridine rings is 1. The van der Waals surface area contributed by atoms with Crippen molar-refractivity contribution < 1.29 is 23.5 Å². The van der Waals surface area contributed by atoms with Crippen LogP contribution in [0.2, 0.25) is 0 Å². The van der Waals surface area contributed by atoms with E-state index >= 15 is 0 Å². The molecule has 8 heteroatoms. The number of nitrogens with zero attached hydrogens (tertiary/aromatic N) is 2. The van der Waals surface area contributed by atoms with Gasteiger partial charge in [0.2, 0.25) is 0 Å². The van der Waals surface area contributed by atoms with Crippen molar-refractivity contribution in [1.82, 2.24) is 15.2 Å². The number of rotatable bonds is 7. The molecule has 7 nitrogen and oxygen atoms in total. The maximum Gasteiger partial charge on any atom is 0.253 e. The van der Waals surface area contributed by atoms with Gasteiger partial charge in [-0.25, -0.2) is 4.39 Å². The molecule has 0 aliphatic carbocycles. The number of hydrogen-bond acceptors (Lipinski definition) is 5. The number of hydrogen-bond donors (Lipinski definition) is 1. The third-order valence-electron chi connectivity index (χ3n) is 6.45. The molecule has 0 atom stereocenters. The zero-order valence-corrected chi connectivity index (χ0v) is 20.7. The van der Waals surface area contributed by atoms with Crippen LogP contribution in [0.15, 0.2) is 54.6 Å². The van der Waals surface area contributed by atoms with Crippen molar-refractivity contribution in [3.8, 4) is 11.5 Å². The number of carbonyl (C=O) groups is 2. The van der Waals surface area contributed by atoms with E-state index in [-0.39, 0.29) is 30.1 Å². The van der Waals surface area contributed by atoms with Gasteiger partial charge in [0, 0.05) is 36.8 Å². The molecule has 0 bridgehead atoms. The zero-order chi connectivity index (χ0) is 25.7. The number of piperidine rings is 1. The zero-order valence-electron chi connectivity index (χ0n) is 20.7. The molecule has 0 unspecified atom stereocenters. The first-order chi connectivity index (χ1) is 17.4. The predicted octanol–water partition coefficient (Wildman–Crippen LogP) is 4.50. The Kier molecular flexibility index (Phi) is 7.83.